The molecule has 100 valence electrons. The van der Waals surface area contributed by atoms with Gasteiger partial charge in [0.05, 0.1) is 6.61 Å². The van der Waals surface area contributed by atoms with Crippen LogP contribution in [-0.2, 0) is 13.0 Å². The summed E-state index contributed by atoms with van der Waals surface area (Å²) in [6.07, 6.45) is 0.379. The fraction of sp³-hybridized carbons (Fsp3) is 0.143. The minimum atomic E-state index is -0.233. The molecule has 0 fully saturated rings. The van der Waals surface area contributed by atoms with Crippen molar-refractivity contribution in [1.82, 2.24) is 0 Å². The molecule has 0 bridgehead atoms. The molecule has 3 nitrogen and oxygen atoms in total. The molecule has 2 aromatic carbocycles. The van der Waals surface area contributed by atoms with E-state index in [9.17, 15) is 15.3 Å². The zero-order chi connectivity index (χ0) is 14.0. The minimum Gasteiger partial charge on any atom is -0.508 e. The van der Waals surface area contributed by atoms with Crippen molar-refractivity contribution in [2.75, 3.05) is 0 Å². The van der Waals surface area contributed by atoms with Crippen LogP contribution < -0.4 is 0 Å². The number of phenolic OH excluding ortho intramolecular Hbond substituents is 1. The van der Waals surface area contributed by atoms with Crippen LogP contribution in [0, 0.1) is 0 Å². The molecule has 2 rings (SSSR count). The van der Waals surface area contributed by atoms with Crippen molar-refractivity contribution in [3.05, 3.63) is 56.0 Å². The maximum absolute atomic E-state index is 10.1. The lowest BCUT2D eigenvalue weighted by Gasteiger charge is -2.11. The monoisotopic (exact) mass is 386 g/mol. The minimum absolute atomic E-state index is 0.0603. The van der Waals surface area contributed by atoms with Crippen LogP contribution in [0.1, 0.15) is 16.7 Å². The van der Waals surface area contributed by atoms with Gasteiger partial charge in [-0.3, -0.25) is 0 Å². The number of hydrogen-bond acceptors (Lipinski definition) is 3. The molecule has 0 aromatic heterocycles. The summed E-state index contributed by atoms with van der Waals surface area (Å²) in [5, 5.41) is 29.1. The maximum atomic E-state index is 10.1. The first-order valence-electron chi connectivity index (χ1n) is 5.59. The van der Waals surface area contributed by atoms with Crippen molar-refractivity contribution >= 4 is 31.9 Å². The number of hydrogen-bond donors (Lipinski definition) is 3. The van der Waals surface area contributed by atoms with E-state index in [0.717, 1.165) is 8.95 Å². The summed E-state index contributed by atoms with van der Waals surface area (Å²) in [5.74, 6) is 0.234. The molecular formula is C14H12Br2O3. The van der Waals surface area contributed by atoms with E-state index in [1.54, 1.807) is 30.3 Å². The first kappa shape index (κ1) is 14.4. The summed E-state index contributed by atoms with van der Waals surface area (Å²) in [7, 11) is 0. The molecule has 0 amide bonds. The molecule has 5 heteroatoms. The molecule has 0 atom stereocenters. The lowest BCUT2D eigenvalue weighted by atomic mass is 10.0. The highest BCUT2D eigenvalue weighted by Crippen LogP contribution is 2.32. The number of aliphatic hydroxyl groups excluding tert-OH is 1. The average molecular weight is 388 g/mol. The smallest absolute Gasteiger partial charge is 0.124 e. The molecule has 3 N–H and O–H groups in total. The van der Waals surface area contributed by atoms with Gasteiger partial charge in [-0.2, -0.15) is 0 Å². The van der Waals surface area contributed by atoms with Crippen LogP contribution in [0.4, 0.5) is 0 Å². The first-order chi connectivity index (χ1) is 9.01. The van der Waals surface area contributed by atoms with Gasteiger partial charge in [0.2, 0.25) is 0 Å². The highest BCUT2D eigenvalue weighted by molar-refractivity contribution is 9.10. The molecule has 0 unspecified atom stereocenters. The third kappa shape index (κ3) is 3.29. The molecule has 0 aliphatic heterocycles. The van der Waals surface area contributed by atoms with E-state index in [4.69, 9.17) is 0 Å². The molecular weight excluding hydrogens is 376 g/mol. The van der Waals surface area contributed by atoms with Crippen molar-refractivity contribution in [3.8, 4) is 11.5 Å². The number of rotatable bonds is 3. The number of phenols is 2. The second kappa shape index (κ2) is 5.94. The molecule has 0 saturated heterocycles. The van der Waals surface area contributed by atoms with Crippen molar-refractivity contribution < 1.29 is 15.3 Å². The third-order valence-corrected chi connectivity index (χ3v) is 3.78. The highest BCUT2D eigenvalue weighted by Gasteiger charge is 2.11. The Kier molecular flexibility index (Phi) is 4.50. The lowest BCUT2D eigenvalue weighted by molar-refractivity contribution is 0.275. The van der Waals surface area contributed by atoms with E-state index in [2.05, 4.69) is 31.9 Å². The van der Waals surface area contributed by atoms with Gasteiger partial charge in [-0.15, -0.1) is 0 Å². The van der Waals surface area contributed by atoms with Crippen LogP contribution >= 0.6 is 31.9 Å². The van der Waals surface area contributed by atoms with E-state index < -0.39 is 0 Å². The zero-order valence-electron chi connectivity index (χ0n) is 9.90. The Balaban J connectivity index is 2.43. The quantitative estimate of drug-likeness (QED) is 0.752. The van der Waals surface area contributed by atoms with Gasteiger partial charge >= 0.3 is 0 Å². The molecule has 0 radical (unpaired) electrons. The highest BCUT2D eigenvalue weighted by atomic mass is 79.9. The number of benzene rings is 2. The van der Waals surface area contributed by atoms with Crippen LogP contribution in [0.2, 0.25) is 0 Å². The van der Waals surface area contributed by atoms with Crippen molar-refractivity contribution in [2.24, 2.45) is 0 Å². The lowest BCUT2D eigenvalue weighted by Crippen LogP contribution is -1.94. The standard InChI is InChI=1S/C14H12Br2O3/c15-11-1-2-13(18)8(4-11)3-9-5-12(16)6-10(7-17)14(9)19/h1-2,4-6,17-19H,3,7H2. The summed E-state index contributed by atoms with van der Waals surface area (Å²) in [4.78, 5) is 0. The number of aliphatic hydroxyl groups is 1. The Bertz CT molecular complexity index is 612. The van der Waals surface area contributed by atoms with Crippen LogP contribution in [-0.4, -0.2) is 15.3 Å². The molecule has 0 heterocycles. The number of aromatic hydroxyl groups is 2. The molecule has 0 spiro atoms. The molecule has 0 aliphatic carbocycles. The van der Waals surface area contributed by atoms with Crippen molar-refractivity contribution in [1.29, 1.82) is 0 Å². The van der Waals surface area contributed by atoms with E-state index >= 15 is 0 Å². The fourth-order valence-electron chi connectivity index (χ4n) is 1.87. The SMILES string of the molecule is OCc1cc(Br)cc(Cc2cc(Br)ccc2O)c1O. The third-order valence-electron chi connectivity index (χ3n) is 2.83. The van der Waals surface area contributed by atoms with E-state index in [1.807, 2.05) is 0 Å². The van der Waals surface area contributed by atoms with Crippen LogP contribution in [0.15, 0.2) is 39.3 Å². The second-order valence-electron chi connectivity index (χ2n) is 4.18. The van der Waals surface area contributed by atoms with Gasteiger partial charge < -0.3 is 15.3 Å². The average Bonchev–Trinajstić information content (AvgIpc) is 2.37. The molecule has 0 aliphatic rings. The topological polar surface area (TPSA) is 60.7 Å². The Morgan fingerprint density at radius 3 is 2.16 bits per heavy atom. The maximum Gasteiger partial charge on any atom is 0.124 e. The number of halogens is 2. The van der Waals surface area contributed by atoms with E-state index in [1.165, 1.54) is 0 Å². The Morgan fingerprint density at radius 2 is 1.47 bits per heavy atom. The zero-order valence-corrected chi connectivity index (χ0v) is 13.1. The summed E-state index contributed by atoms with van der Waals surface area (Å²) in [6, 6.07) is 8.59. The molecule has 2 aromatic rings. The van der Waals surface area contributed by atoms with Gasteiger partial charge in [-0.25, -0.2) is 0 Å². The predicted octanol–water partition coefficient (Wildman–Crippen LogP) is 3.71. The normalized spacial score (nSPS) is 10.7. The van der Waals surface area contributed by atoms with Crippen LogP contribution in [0.25, 0.3) is 0 Å². The van der Waals surface area contributed by atoms with Crippen LogP contribution in [0.3, 0.4) is 0 Å². The second-order valence-corrected chi connectivity index (χ2v) is 6.01. The van der Waals surface area contributed by atoms with Crippen molar-refractivity contribution in [2.45, 2.75) is 13.0 Å². The summed E-state index contributed by atoms with van der Waals surface area (Å²) in [6.45, 7) is -0.233. The van der Waals surface area contributed by atoms with Gasteiger partial charge in [0.25, 0.3) is 0 Å². The Morgan fingerprint density at radius 1 is 0.842 bits per heavy atom. The van der Waals surface area contributed by atoms with Crippen molar-refractivity contribution in [3.63, 3.8) is 0 Å². The van der Waals surface area contributed by atoms with Crippen LogP contribution in [0.5, 0.6) is 11.5 Å². The summed E-state index contributed by atoms with van der Waals surface area (Å²) >= 11 is 6.69. The largest absolute Gasteiger partial charge is 0.508 e. The van der Waals surface area contributed by atoms with Gasteiger partial charge in [0.1, 0.15) is 11.5 Å². The Hall–Kier alpha value is -1.04. The summed E-state index contributed by atoms with van der Waals surface area (Å²) < 4.78 is 1.64. The van der Waals surface area contributed by atoms with Gasteiger partial charge in [-0.05, 0) is 41.5 Å². The van der Waals surface area contributed by atoms with E-state index in [0.29, 0.717) is 23.1 Å². The predicted molar refractivity (Wildman–Crippen MR) is 80.3 cm³/mol. The summed E-state index contributed by atoms with van der Waals surface area (Å²) in [5.41, 5.74) is 1.80. The van der Waals surface area contributed by atoms with Gasteiger partial charge in [-0.1, -0.05) is 31.9 Å². The Labute approximate surface area is 127 Å². The van der Waals surface area contributed by atoms with Gasteiger partial charge in [0, 0.05) is 20.9 Å². The molecule has 0 saturated carbocycles. The van der Waals surface area contributed by atoms with E-state index in [-0.39, 0.29) is 18.1 Å². The van der Waals surface area contributed by atoms with Gasteiger partial charge in [0.15, 0.2) is 0 Å². The molecule has 19 heavy (non-hydrogen) atoms. The first-order valence-corrected chi connectivity index (χ1v) is 7.18. The fourth-order valence-corrected chi connectivity index (χ4v) is 2.83.